The Morgan fingerprint density at radius 2 is 2.10 bits per heavy atom. The molecule has 8 nitrogen and oxygen atoms in total. The number of ether oxygens (including phenoxy) is 1. The van der Waals surface area contributed by atoms with Crippen molar-refractivity contribution in [3.63, 3.8) is 0 Å². The summed E-state index contributed by atoms with van der Waals surface area (Å²) in [6.07, 6.45) is 5.53. The van der Waals surface area contributed by atoms with Gasteiger partial charge in [-0.3, -0.25) is 4.68 Å². The van der Waals surface area contributed by atoms with Crippen LogP contribution in [0.3, 0.4) is 0 Å². The van der Waals surface area contributed by atoms with Crippen molar-refractivity contribution < 1.29 is 9.15 Å². The van der Waals surface area contributed by atoms with Gasteiger partial charge in [0.25, 0.3) is 0 Å². The van der Waals surface area contributed by atoms with E-state index in [-0.39, 0.29) is 30.1 Å². The Morgan fingerprint density at radius 3 is 2.81 bits per heavy atom. The maximum Gasteiger partial charge on any atom is 0.226 e. The van der Waals surface area contributed by atoms with Gasteiger partial charge in [-0.2, -0.15) is 5.10 Å². The van der Waals surface area contributed by atoms with Crippen LogP contribution in [0, 0.1) is 6.92 Å². The standard InChI is InChI=1S/C22H28N6O2.HI/c1-4-23-22(28-9-10-29-20(14-28)18-11-25-27(3)13-18)24-12-19-15-30-21(26-19)17-7-5-16(2)6-8-17;/h5-8,11,13,15,20H,4,9-10,12,14H2,1-3H3,(H,23,24);1H. The van der Waals surface area contributed by atoms with Gasteiger partial charge in [0.15, 0.2) is 5.96 Å². The zero-order chi connectivity index (χ0) is 20.9. The molecular weight excluding hydrogens is 507 g/mol. The summed E-state index contributed by atoms with van der Waals surface area (Å²) in [4.78, 5) is 11.6. The van der Waals surface area contributed by atoms with E-state index in [1.807, 2.05) is 31.6 Å². The Bertz CT molecular complexity index is 998. The van der Waals surface area contributed by atoms with Gasteiger partial charge in [0.2, 0.25) is 5.89 Å². The summed E-state index contributed by atoms with van der Waals surface area (Å²) >= 11 is 0. The lowest BCUT2D eigenvalue weighted by Gasteiger charge is -2.34. The highest BCUT2D eigenvalue weighted by molar-refractivity contribution is 14.0. The fraction of sp³-hybridized carbons (Fsp3) is 0.409. The Balaban J connectivity index is 0.00000272. The summed E-state index contributed by atoms with van der Waals surface area (Å²) in [6, 6.07) is 8.14. The highest BCUT2D eigenvalue weighted by Gasteiger charge is 2.25. The maximum absolute atomic E-state index is 5.95. The predicted octanol–water partition coefficient (Wildman–Crippen LogP) is 3.54. The zero-order valence-corrected chi connectivity index (χ0v) is 20.4. The molecule has 1 atom stereocenters. The molecule has 4 rings (SSSR count). The molecule has 3 aromatic rings. The topological polar surface area (TPSA) is 80.7 Å². The second kappa shape index (κ2) is 10.8. The van der Waals surface area contributed by atoms with Crippen LogP contribution in [-0.2, 0) is 18.3 Å². The third kappa shape index (κ3) is 5.85. The van der Waals surface area contributed by atoms with Gasteiger partial charge in [-0.05, 0) is 26.0 Å². The first-order valence-electron chi connectivity index (χ1n) is 10.3. The molecule has 1 aliphatic heterocycles. The third-order valence-corrected chi connectivity index (χ3v) is 5.04. The van der Waals surface area contributed by atoms with Crippen LogP contribution in [0.4, 0.5) is 0 Å². The fourth-order valence-electron chi connectivity index (χ4n) is 3.44. The molecule has 0 saturated carbocycles. The average molecular weight is 536 g/mol. The van der Waals surface area contributed by atoms with Crippen LogP contribution in [-0.4, -0.2) is 51.9 Å². The molecule has 0 aliphatic carbocycles. The number of rotatable bonds is 5. The van der Waals surface area contributed by atoms with E-state index in [1.54, 1.807) is 10.9 Å². The Hall–Kier alpha value is -2.40. The summed E-state index contributed by atoms with van der Waals surface area (Å²) in [7, 11) is 1.92. The van der Waals surface area contributed by atoms with Gasteiger partial charge in [0, 0.05) is 37.5 Å². The fourth-order valence-corrected chi connectivity index (χ4v) is 3.44. The summed E-state index contributed by atoms with van der Waals surface area (Å²) in [5, 5.41) is 7.65. The SMILES string of the molecule is CCNC(=NCc1coc(-c2ccc(C)cc2)n1)N1CCOC(c2cnn(C)c2)C1.I. The first-order chi connectivity index (χ1) is 14.6. The number of benzene rings is 1. The quantitative estimate of drug-likeness (QED) is 0.305. The van der Waals surface area contributed by atoms with Crippen LogP contribution in [0.5, 0.6) is 0 Å². The Morgan fingerprint density at radius 1 is 1.29 bits per heavy atom. The number of aryl methyl sites for hydroxylation is 2. The summed E-state index contributed by atoms with van der Waals surface area (Å²) < 4.78 is 13.4. The molecule has 1 fully saturated rings. The lowest BCUT2D eigenvalue weighted by molar-refractivity contribution is -0.00805. The van der Waals surface area contributed by atoms with Gasteiger partial charge in [-0.25, -0.2) is 9.98 Å². The predicted molar refractivity (Wildman–Crippen MR) is 130 cm³/mol. The number of oxazole rings is 1. The van der Waals surface area contributed by atoms with Crippen LogP contribution >= 0.6 is 24.0 Å². The van der Waals surface area contributed by atoms with Crippen molar-refractivity contribution in [1.29, 1.82) is 0 Å². The largest absolute Gasteiger partial charge is 0.444 e. The van der Waals surface area contributed by atoms with Crippen molar-refractivity contribution in [2.75, 3.05) is 26.2 Å². The second-order valence-corrected chi connectivity index (χ2v) is 7.43. The van der Waals surface area contributed by atoms with Gasteiger partial charge in [-0.15, -0.1) is 24.0 Å². The molecule has 1 saturated heterocycles. The van der Waals surface area contributed by atoms with Gasteiger partial charge in [0.05, 0.1) is 25.9 Å². The molecule has 2 aromatic heterocycles. The molecular formula is C22H29IN6O2. The highest BCUT2D eigenvalue weighted by atomic mass is 127. The molecule has 0 amide bonds. The monoisotopic (exact) mass is 536 g/mol. The van der Waals surface area contributed by atoms with Gasteiger partial charge < -0.3 is 19.4 Å². The molecule has 1 aliphatic rings. The van der Waals surface area contributed by atoms with E-state index in [0.717, 1.165) is 42.4 Å². The average Bonchev–Trinajstić information content (AvgIpc) is 3.41. The van der Waals surface area contributed by atoms with Crippen molar-refractivity contribution in [2.45, 2.75) is 26.5 Å². The van der Waals surface area contributed by atoms with E-state index in [0.29, 0.717) is 19.0 Å². The van der Waals surface area contributed by atoms with E-state index in [9.17, 15) is 0 Å². The number of hydrogen-bond acceptors (Lipinski definition) is 5. The van der Waals surface area contributed by atoms with Crippen LogP contribution in [0.2, 0.25) is 0 Å². The van der Waals surface area contributed by atoms with Crippen molar-refractivity contribution in [2.24, 2.45) is 12.0 Å². The molecule has 3 heterocycles. The van der Waals surface area contributed by atoms with Crippen LogP contribution < -0.4 is 5.32 Å². The number of aliphatic imine (C=N–C) groups is 1. The Kier molecular flexibility index (Phi) is 8.08. The number of aromatic nitrogens is 3. The molecule has 1 N–H and O–H groups in total. The molecule has 0 spiro atoms. The van der Waals surface area contributed by atoms with Gasteiger partial charge in [-0.1, -0.05) is 17.7 Å². The molecule has 0 radical (unpaired) electrons. The van der Waals surface area contributed by atoms with E-state index < -0.39 is 0 Å². The van der Waals surface area contributed by atoms with Crippen molar-refractivity contribution in [3.8, 4) is 11.5 Å². The minimum atomic E-state index is -0.0171. The number of nitrogens with one attached hydrogen (secondary N) is 1. The smallest absolute Gasteiger partial charge is 0.226 e. The number of nitrogens with zero attached hydrogens (tertiary/aromatic N) is 5. The van der Waals surface area contributed by atoms with Crippen molar-refractivity contribution >= 4 is 29.9 Å². The molecule has 1 unspecified atom stereocenters. The number of halogens is 1. The molecule has 166 valence electrons. The zero-order valence-electron chi connectivity index (χ0n) is 18.1. The minimum Gasteiger partial charge on any atom is -0.444 e. The summed E-state index contributed by atoms with van der Waals surface area (Å²) in [5.41, 5.74) is 4.06. The van der Waals surface area contributed by atoms with E-state index in [4.69, 9.17) is 14.1 Å². The van der Waals surface area contributed by atoms with E-state index in [2.05, 4.69) is 46.3 Å². The van der Waals surface area contributed by atoms with Gasteiger partial charge >= 0.3 is 0 Å². The first kappa shape index (κ1) is 23.3. The van der Waals surface area contributed by atoms with Crippen LogP contribution in [0.15, 0.2) is 52.3 Å². The number of morpholine rings is 1. The van der Waals surface area contributed by atoms with Gasteiger partial charge in [0.1, 0.15) is 18.1 Å². The maximum atomic E-state index is 5.95. The second-order valence-electron chi connectivity index (χ2n) is 7.43. The van der Waals surface area contributed by atoms with E-state index >= 15 is 0 Å². The van der Waals surface area contributed by atoms with E-state index in [1.165, 1.54) is 5.56 Å². The lowest BCUT2D eigenvalue weighted by atomic mass is 10.1. The van der Waals surface area contributed by atoms with Crippen molar-refractivity contribution in [3.05, 3.63) is 59.7 Å². The molecule has 9 heteroatoms. The van der Waals surface area contributed by atoms with Crippen LogP contribution in [0.25, 0.3) is 11.5 Å². The molecule has 0 bridgehead atoms. The minimum absolute atomic E-state index is 0. The lowest BCUT2D eigenvalue weighted by Crippen LogP contribution is -2.48. The molecule has 1 aromatic carbocycles. The Labute approximate surface area is 199 Å². The highest BCUT2D eigenvalue weighted by Crippen LogP contribution is 2.22. The number of guanidine groups is 1. The molecule has 31 heavy (non-hydrogen) atoms. The normalized spacial score (nSPS) is 16.8. The summed E-state index contributed by atoms with van der Waals surface area (Å²) in [5.74, 6) is 1.47. The summed E-state index contributed by atoms with van der Waals surface area (Å²) in [6.45, 7) is 7.53. The van der Waals surface area contributed by atoms with Crippen LogP contribution in [0.1, 0.15) is 29.8 Å². The first-order valence-corrected chi connectivity index (χ1v) is 10.3. The number of hydrogen-bond donors (Lipinski definition) is 1. The van der Waals surface area contributed by atoms with Crippen molar-refractivity contribution in [1.82, 2.24) is 25.0 Å². The third-order valence-electron chi connectivity index (χ3n) is 5.04.